The van der Waals surface area contributed by atoms with Crippen LogP contribution in [0.2, 0.25) is 5.02 Å². The van der Waals surface area contributed by atoms with Gasteiger partial charge in [0.25, 0.3) is 0 Å². The van der Waals surface area contributed by atoms with E-state index in [-0.39, 0.29) is 15.3 Å². The van der Waals surface area contributed by atoms with Gasteiger partial charge in [0.05, 0.1) is 15.6 Å². The monoisotopic (exact) mass is 245 g/mol. The second kappa shape index (κ2) is 4.41. The predicted octanol–water partition coefficient (Wildman–Crippen LogP) is 3.32. The van der Waals surface area contributed by atoms with Gasteiger partial charge in [0.2, 0.25) is 0 Å². The molecule has 15 heavy (non-hydrogen) atoms. The van der Waals surface area contributed by atoms with Crippen molar-refractivity contribution in [3.05, 3.63) is 22.8 Å². The van der Waals surface area contributed by atoms with Crippen LogP contribution in [0, 0.1) is 0 Å². The Bertz CT molecular complexity index is 387. The smallest absolute Gasteiger partial charge is 0.337 e. The Hall–Kier alpha value is -0.740. The second-order valence-electron chi connectivity index (χ2n) is 4.02. The van der Waals surface area contributed by atoms with Gasteiger partial charge >= 0.3 is 5.97 Å². The molecule has 0 amide bonds. The fraction of sp³-hybridized carbons (Fsp3) is 0.400. The van der Waals surface area contributed by atoms with Gasteiger partial charge in [0.15, 0.2) is 0 Å². The highest BCUT2D eigenvalue weighted by atomic mass is 35.5. The maximum atomic E-state index is 10.8. The summed E-state index contributed by atoms with van der Waals surface area (Å²) < 4.78 is -0.00337. The standard InChI is InChI=1S/C10H12ClNO2S/c1-10(2,3)15-8-4-6(9(13)14)7(11)5-12-8/h4-5H,1-3H3,(H,13,14). The van der Waals surface area contributed by atoms with E-state index in [4.69, 9.17) is 16.7 Å². The number of hydrogen-bond acceptors (Lipinski definition) is 3. The van der Waals surface area contributed by atoms with E-state index in [1.807, 2.05) is 20.8 Å². The quantitative estimate of drug-likeness (QED) is 0.812. The summed E-state index contributed by atoms with van der Waals surface area (Å²) >= 11 is 7.22. The van der Waals surface area contributed by atoms with Crippen molar-refractivity contribution in [3.8, 4) is 0 Å². The molecule has 0 unspecified atom stereocenters. The molecule has 1 aromatic rings. The van der Waals surface area contributed by atoms with Gasteiger partial charge in [-0.15, -0.1) is 11.8 Å². The van der Waals surface area contributed by atoms with Crippen molar-refractivity contribution in [2.75, 3.05) is 0 Å². The molecular formula is C10H12ClNO2S. The van der Waals surface area contributed by atoms with Crippen LogP contribution >= 0.6 is 23.4 Å². The predicted molar refractivity (Wildman–Crippen MR) is 61.8 cm³/mol. The van der Waals surface area contributed by atoms with Crippen LogP contribution in [-0.4, -0.2) is 20.8 Å². The highest BCUT2D eigenvalue weighted by molar-refractivity contribution is 8.00. The van der Waals surface area contributed by atoms with Crippen molar-refractivity contribution in [2.45, 2.75) is 30.5 Å². The zero-order valence-electron chi connectivity index (χ0n) is 8.74. The Morgan fingerprint density at radius 1 is 1.53 bits per heavy atom. The van der Waals surface area contributed by atoms with Crippen LogP contribution in [0.4, 0.5) is 0 Å². The summed E-state index contributed by atoms with van der Waals surface area (Å²) in [5.74, 6) is -1.03. The Morgan fingerprint density at radius 3 is 2.60 bits per heavy atom. The number of thioether (sulfide) groups is 1. The molecule has 1 N–H and O–H groups in total. The minimum atomic E-state index is -1.03. The van der Waals surface area contributed by atoms with Crippen LogP contribution in [0.5, 0.6) is 0 Å². The first kappa shape index (κ1) is 12.3. The first-order valence-corrected chi connectivity index (χ1v) is 5.57. The van der Waals surface area contributed by atoms with E-state index >= 15 is 0 Å². The van der Waals surface area contributed by atoms with Crippen LogP contribution in [0.3, 0.4) is 0 Å². The van der Waals surface area contributed by atoms with Gasteiger partial charge < -0.3 is 5.11 Å². The number of carboxylic acid groups (broad SMARTS) is 1. The number of aromatic nitrogens is 1. The molecule has 5 heteroatoms. The number of pyridine rings is 1. The fourth-order valence-electron chi connectivity index (χ4n) is 0.953. The minimum absolute atomic E-state index is 0.00337. The summed E-state index contributed by atoms with van der Waals surface area (Å²) in [5.41, 5.74) is 0.0958. The van der Waals surface area contributed by atoms with Gasteiger partial charge in [-0.05, 0) is 6.07 Å². The molecule has 0 fully saturated rings. The summed E-state index contributed by atoms with van der Waals surface area (Å²) in [7, 11) is 0. The Balaban J connectivity index is 3.03. The van der Waals surface area contributed by atoms with Crippen LogP contribution in [-0.2, 0) is 0 Å². The molecule has 0 aliphatic carbocycles. The van der Waals surface area contributed by atoms with Gasteiger partial charge in [-0.3, -0.25) is 0 Å². The topological polar surface area (TPSA) is 50.2 Å². The van der Waals surface area contributed by atoms with Crippen molar-refractivity contribution < 1.29 is 9.90 Å². The molecule has 0 bridgehead atoms. The van der Waals surface area contributed by atoms with Crippen LogP contribution in [0.1, 0.15) is 31.1 Å². The van der Waals surface area contributed by atoms with Gasteiger partial charge in [-0.2, -0.15) is 0 Å². The zero-order chi connectivity index (χ0) is 11.6. The molecule has 0 aliphatic rings. The average molecular weight is 246 g/mol. The summed E-state index contributed by atoms with van der Waals surface area (Å²) in [6.07, 6.45) is 1.37. The number of carboxylic acids is 1. The average Bonchev–Trinajstić information content (AvgIpc) is 2.05. The third-order valence-electron chi connectivity index (χ3n) is 1.47. The lowest BCUT2D eigenvalue weighted by molar-refractivity contribution is 0.0696. The Labute approximate surface area is 97.9 Å². The highest BCUT2D eigenvalue weighted by Gasteiger charge is 2.16. The third kappa shape index (κ3) is 3.72. The maximum absolute atomic E-state index is 10.8. The first-order valence-electron chi connectivity index (χ1n) is 4.37. The molecule has 0 aliphatic heterocycles. The highest BCUT2D eigenvalue weighted by Crippen LogP contribution is 2.31. The molecule has 0 atom stereocenters. The summed E-state index contributed by atoms with van der Waals surface area (Å²) in [6, 6.07) is 1.50. The Morgan fingerprint density at radius 2 is 2.13 bits per heavy atom. The van der Waals surface area contributed by atoms with E-state index in [1.54, 1.807) is 0 Å². The number of rotatable bonds is 2. The number of hydrogen-bond donors (Lipinski definition) is 1. The second-order valence-corrected chi connectivity index (χ2v) is 6.28. The molecule has 3 nitrogen and oxygen atoms in total. The van der Waals surface area contributed by atoms with Gasteiger partial charge in [-0.25, -0.2) is 9.78 Å². The Kier molecular flexibility index (Phi) is 3.62. The fourth-order valence-corrected chi connectivity index (χ4v) is 2.05. The lowest BCUT2D eigenvalue weighted by Gasteiger charge is -2.16. The molecule has 82 valence electrons. The van der Waals surface area contributed by atoms with Crippen molar-refractivity contribution in [1.82, 2.24) is 4.98 Å². The van der Waals surface area contributed by atoms with E-state index < -0.39 is 5.97 Å². The summed E-state index contributed by atoms with van der Waals surface area (Å²) in [6.45, 7) is 6.11. The van der Waals surface area contributed by atoms with Gasteiger partial charge in [0, 0.05) is 10.9 Å². The van der Waals surface area contributed by atoms with Gasteiger partial charge in [-0.1, -0.05) is 32.4 Å². The van der Waals surface area contributed by atoms with Crippen molar-refractivity contribution >= 4 is 29.3 Å². The first-order chi connectivity index (χ1) is 6.79. The number of nitrogens with zero attached hydrogens (tertiary/aromatic N) is 1. The van der Waals surface area contributed by atoms with Gasteiger partial charge in [0.1, 0.15) is 0 Å². The van der Waals surface area contributed by atoms with Crippen molar-refractivity contribution in [1.29, 1.82) is 0 Å². The molecular weight excluding hydrogens is 234 g/mol. The largest absolute Gasteiger partial charge is 0.478 e. The number of aromatic carboxylic acids is 1. The third-order valence-corrected chi connectivity index (χ3v) is 2.82. The maximum Gasteiger partial charge on any atom is 0.337 e. The molecule has 1 heterocycles. The molecule has 1 rings (SSSR count). The van der Waals surface area contributed by atoms with E-state index in [2.05, 4.69) is 4.98 Å². The van der Waals surface area contributed by atoms with Crippen LogP contribution in [0.15, 0.2) is 17.3 Å². The summed E-state index contributed by atoms with van der Waals surface area (Å²) in [5, 5.41) is 9.70. The molecule has 0 spiro atoms. The molecule has 0 saturated heterocycles. The molecule has 0 radical (unpaired) electrons. The van der Waals surface area contributed by atoms with Crippen molar-refractivity contribution in [3.63, 3.8) is 0 Å². The van der Waals surface area contributed by atoms with Crippen LogP contribution in [0.25, 0.3) is 0 Å². The van der Waals surface area contributed by atoms with E-state index in [9.17, 15) is 4.79 Å². The van der Waals surface area contributed by atoms with E-state index in [0.29, 0.717) is 5.03 Å². The SMILES string of the molecule is CC(C)(C)Sc1cc(C(=O)O)c(Cl)cn1. The normalized spacial score (nSPS) is 11.5. The lowest BCUT2D eigenvalue weighted by Crippen LogP contribution is -2.08. The summed E-state index contributed by atoms with van der Waals surface area (Å²) in [4.78, 5) is 14.9. The zero-order valence-corrected chi connectivity index (χ0v) is 10.3. The number of carbonyl (C=O) groups is 1. The molecule has 0 saturated carbocycles. The number of halogens is 1. The molecule has 0 aromatic carbocycles. The van der Waals surface area contributed by atoms with E-state index in [0.717, 1.165) is 0 Å². The minimum Gasteiger partial charge on any atom is -0.478 e. The lowest BCUT2D eigenvalue weighted by atomic mass is 10.3. The van der Waals surface area contributed by atoms with Crippen molar-refractivity contribution in [2.24, 2.45) is 0 Å². The van der Waals surface area contributed by atoms with Crippen LogP contribution < -0.4 is 0 Å². The van der Waals surface area contributed by atoms with E-state index in [1.165, 1.54) is 24.0 Å². The molecule has 1 aromatic heterocycles.